The highest BCUT2D eigenvalue weighted by atomic mass is 16.5. The summed E-state index contributed by atoms with van der Waals surface area (Å²) >= 11 is 0. The van der Waals surface area contributed by atoms with Crippen LogP contribution in [0, 0.1) is 0 Å². The number of hydrogen-bond acceptors (Lipinski definition) is 7. The normalized spacial score (nSPS) is 17.0. The molecule has 1 aromatic carbocycles. The van der Waals surface area contributed by atoms with Crippen LogP contribution >= 0.6 is 0 Å². The van der Waals surface area contributed by atoms with Crippen molar-refractivity contribution in [3.05, 3.63) is 58.8 Å². The minimum absolute atomic E-state index is 0.0140. The summed E-state index contributed by atoms with van der Waals surface area (Å²) < 4.78 is 8.26. The fraction of sp³-hybridized carbons (Fsp3) is 0.522. The summed E-state index contributed by atoms with van der Waals surface area (Å²) in [5.41, 5.74) is 1.99. The fourth-order valence-corrected chi connectivity index (χ4v) is 3.99. The van der Waals surface area contributed by atoms with E-state index < -0.39 is 11.9 Å². The van der Waals surface area contributed by atoms with Crippen LogP contribution in [-0.4, -0.2) is 73.2 Å². The molecule has 1 aliphatic rings. The first-order valence-corrected chi connectivity index (χ1v) is 11.1. The molecule has 1 atom stereocenters. The molecule has 0 bridgehead atoms. The first-order chi connectivity index (χ1) is 15.3. The van der Waals surface area contributed by atoms with Gasteiger partial charge in [-0.3, -0.25) is 23.6 Å². The van der Waals surface area contributed by atoms with Crippen molar-refractivity contribution in [3.63, 3.8) is 0 Å². The Balaban J connectivity index is 1.28. The molecular weight excluding hydrogens is 408 g/mol. The molecule has 1 N–H and O–H groups in total. The van der Waals surface area contributed by atoms with Crippen LogP contribution in [0.15, 0.2) is 52.0 Å². The lowest BCUT2D eigenvalue weighted by atomic mass is 10.1. The lowest BCUT2D eigenvalue weighted by Gasteiger charge is -2.35. The van der Waals surface area contributed by atoms with Crippen LogP contribution in [0.3, 0.4) is 0 Å². The molecule has 1 saturated heterocycles. The highest BCUT2D eigenvalue weighted by Gasteiger charge is 2.22. The molecule has 9 heteroatoms. The first kappa shape index (κ1) is 22.4. The van der Waals surface area contributed by atoms with E-state index in [-0.39, 0.29) is 12.1 Å². The van der Waals surface area contributed by atoms with E-state index in [2.05, 4.69) is 47.0 Å². The third kappa shape index (κ3) is 5.35. The zero-order valence-corrected chi connectivity index (χ0v) is 19.0. The molecule has 172 valence electrons. The molecule has 0 saturated carbocycles. The predicted octanol–water partition coefficient (Wildman–Crippen LogP) is 1.63. The van der Waals surface area contributed by atoms with Gasteiger partial charge in [0.25, 0.3) is 0 Å². The number of aromatic nitrogens is 4. The van der Waals surface area contributed by atoms with Gasteiger partial charge in [0.1, 0.15) is 0 Å². The van der Waals surface area contributed by atoms with Gasteiger partial charge in [-0.15, -0.1) is 0 Å². The summed E-state index contributed by atoms with van der Waals surface area (Å²) in [5, 5.41) is 19.0. The van der Waals surface area contributed by atoms with Crippen LogP contribution in [0.2, 0.25) is 0 Å². The second-order valence-electron chi connectivity index (χ2n) is 9.44. The summed E-state index contributed by atoms with van der Waals surface area (Å²) in [6, 6.07) is 9.39. The highest BCUT2D eigenvalue weighted by molar-refractivity contribution is 5.54. The monoisotopic (exact) mass is 440 g/mol. The number of benzene rings is 1. The molecular formula is C23H32N6O3. The number of piperazine rings is 1. The summed E-state index contributed by atoms with van der Waals surface area (Å²) in [4.78, 5) is 16.8. The number of β-amino-alcohol motifs (C(OH)–C–C–N with tert-alkyl or cyclic N) is 1. The number of aliphatic hydroxyl groups excluding tert-OH is 1. The van der Waals surface area contributed by atoms with Crippen molar-refractivity contribution in [2.75, 3.05) is 32.7 Å². The van der Waals surface area contributed by atoms with E-state index in [1.165, 1.54) is 10.1 Å². The summed E-state index contributed by atoms with van der Waals surface area (Å²) in [5.74, 6) is -0.112. The van der Waals surface area contributed by atoms with Crippen molar-refractivity contribution < 1.29 is 9.63 Å². The maximum absolute atomic E-state index is 12.1. The van der Waals surface area contributed by atoms with Crippen molar-refractivity contribution in [1.82, 2.24) is 29.3 Å². The largest absolute Gasteiger partial charge is 0.441 e. The second kappa shape index (κ2) is 9.40. The Morgan fingerprint density at radius 1 is 1.06 bits per heavy atom. The third-order valence-electron chi connectivity index (χ3n) is 5.77. The van der Waals surface area contributed by atoms with Crippen molar-refractivity contribution >= 4 is 0 Å². The minimum atomic E-state index is -0.689. The minimum Gasteiger partial charge on any atom is -0.390 e. The van der Waals surface area contributed by atoms with Gasteiger partial charge in [-0.05, 0) is 20.8 Å². The van der Waals surface area contributed by atoms with Crippen molar-refractivity contribution in [3.8, 4) is 11.4 Å². The topological polar surface area (TPSA) is 92.6 Å². The molecule has 2 aromatic heterocycles. The van der Waals surface area contributed by atoms with E-state index in [4.69, 9.17) is 4.52 Å². The van der Waals surface area contributed by atoms with Crippen molar-refractivity contribution in [1.29, 1.82) is 0 Å². The number of aliphatic hydroxyl groups is 1. The lowest BCUT2D eigenvalue weighted by molar-refractivity contribution is 0.0615. The standard InChI is InChI=1S/C23H32N6O3/c1-23(2,3)29-15-18(13-24-29)14-26-9-11-27(12-10-26)16-20(30)17-28-21(25-32-22(28)31)19-7-5-4-6-8-19/h4-8,13,15,20,30H,9-12,14,16-17H2,1-3H3. The predicted molar refractivity (Wildman–Crippen MR) is 121 cm³/mol. The van der Waals surface area contributed by atoms with E-state index in [0.717, 1.165) is 38.3 Å². The Labute approximate surface area is 187 Å². The third-order valence-corrected chi connectivity index (χ3v) is 5.77. The van der Waals surface area contributed by atoms with Crippen molar-refractivity contribution in [2.45, 2.75) is 45.5 Å². The molecule has 0 spiro atoms. The van der Waals surface area contributed by atoms with E-state index >= 15 is 0 Å². The van der Waals surface area contributed by atoms with Crippen LogP contribution in [0.5, 0.6) is 0 Å². The van der Waals surface area contributed by atoms with Crippen LogP contribution in [0.1, 0.15) is 26.3 Å². The van der Waals surface area contributed by atoms with Crippen LogP contribution in [0.25, 0.3) is 11.4 Å². The summed E-state index contributed by atoms with van der Waals surface area (Å²) in [6.07, 6.45) is 3.38. The first-order valence-electron chi connectivity index (χ1n) is 11.1. The Kier molecular flexibility index (Phi) is 6.59. The van der Waals surface area contributed by atoms with Gasteiger partial charge in [0, 0.05) is 56.6 Å². The van der Waals surface area contributed by atoms with E-state index in [0.29, 0.717) is 12.4 Å². The van der Waals surface area contributed by atoms with Gasteiger partial charge in [0.15, 0.2) is 5.82 Å². The Hall–Kier alpha value is -2.75. The second-order valence-corrected chi connectivity index (χ2v) is 9.44. The summed E-state index contributed by atoms with van der Waals surface area (Å²) in [7, 11) is 0. The number of nitrogens with zero attached hydrogens (tertiary/aromatic N) is 6. The molecule has 1 fully saturated rings. The number of rotatable bonds is 7. The molecule has 32 heavy (non-hydrogen) atoms. The van der Waals surface area contributed by atoms with Gasteiger partial charge >= 0.3 is 5.76 Å². The SMILES string of the molecule is CC(C)(C)n1cc(CN2CCN(CC(O)Cn3c(-c4ccccc4)noc3=O)CC2)cn1. The molecule has 3 heterocycles. The van der Waals surface area contributed by atoms with Crippen LogP contribution < -0.4 is 5.76 Å². The van der Waals surface area contributed by atoms with Crippen LogP contribution in [-0.2, 0) is 18.6 Å². The number of hydrogen-bond donors (Lipinski definition) is 1. The Bertz CT molecular complexity index is 1060. The van der Waals surface area contributed by atoms with Gasteiger partial charge < -0.3 is 5.11 Å². The van der Waals surface area contributed by atoms with Gasteiger partial charge in [0.2, 0.25) is 0 Å². The Morgan fingerprint density at radius 2 is 1.75 bits per heavy atom. The van der Waals surface area contributed by atoms with E-state index in [9.17, 15) is 9.90 Å². The molecule has 1 aliphatic heterocycles. The van der Waals surface area contributed by atoms with E-state index in [1.54, 1.807) is 0 Å². The average molecular weight is 441 g/mol. The molecule has 0 aliphatic carbocycles. The van der Waals surface area contributed by atoms with Gasteiger partial charge in [-0.2, -0.15) is 5.10 Å². The van der Waals surface area contributed by atoms with Gasteiger partial charge in [-0.25, -0.2) is 4.79 Å². The van der Waals surface area contributed by atoms with Crippen LogP contribution in [0.4, 0.5) is 0 Å². The molecule has 4 rings (SSSR count). The summed E-state index contributed by atoms with van der Waals surface area (Å²) in [6.45, 7) is 11.6. The molecule has 0 amide bonds. The molecule has 9 nitrogen and oxygen atoms in total. The lowest BCUT2D eigenvalue weighted by Crippen LogP contribution is -2.48. The molecule has 3 aromatic rings. The maximum atomic E-state index is 12.1. The van der Waals surface area contributed by atoms with E-state index in [1.807, 2.05) is 41.2 Å². The maximum Gasteiger partial charge on any atom is 0.441 e. The molecule has 0 radical (unpaired) electrons. The van der Waals surface area contributed by atoms with Gasteiger partial charge in [0.05, 0.1) is 24.4 Å². The zero-order chi connectivity index (χ0) is 22.7. The smallest absolute Gasteiger partial charge is 0.390 e. The quantitative estimate of drug-likeness (QED) is 0.597. The molecule has 1 unspecified atom stereocenters. The average Bonchev–Trinajstić information content (AvgIpc) is 3.37. The Morgan fingerprint density at radius 3 is 2.41 bits per heavy atom. The van der Waals surface area contributed by atoms with Crippen molar-refractivity contribution in [2.24, 2.45) is 0 Å². The fourth-order valence-electron chi connectivity index (χ4n) is 3.99. The highest BCUT2D eigenvalue weighted by Crippen LogP contribution is 2.17. The zero-order valence-electron chi connectivity index (χ0n) is 19.0. The van der Waals surface area contributed by atoms with Gasteiger partial charge in [-0.1, -0.05) is 35.5 Å².